The Kier molecular flexibility index (Phi) is 5.87. The molecule has 1 heterocycles. The number of amides is 1. The van der Waals surface area contributed by atoms with Crippen LogP contribution in [0.25, 0.3) is 0 Å². The highest BCUT2D eigenvalue weighted by Crippen LogP contribution is 2.23. The molecule has 1 aliphatic rings. The van der Waals surface area contributed by atoms with Gasteiger partial charge >= 0.3 is 0 Å². The molecule has 2 rings (SSSR count). The van der Waals surface area contributed by atoms with Crippen molar-refractivity contribution >= 4 is 33.4 Å². The van der Waals surface area contributed by atoms with Crippen LogP contribution < -0.4 is 5.32 Å². The minimum atomic E-state index is 0.212. The summed E-state index contributed by atoms with van der Waals surface area (Å²) in [4.78, 5) is 14.2. The van der Waals surface area contributed by atoms with Gasteiger partial charge < -0.3 is 10.2 Å². The maximum absolute atomic E-state index is 12.3. The van der Waals surface area contributed by atoms with E-state index in [2.05, 4.69) is 21.2 Å². The number of piperidine rings is 1. The number of nitrogens with zero attached hydrogens (tertiary/aromatic N) is 1. The van der Waals surface area contributed by atoms with Crippen LogP contribution in [0.2, 0.25) is 5.02 Å². The third-order valence-electron chi connectivity index (χ3n) is 3.87. The van der Waals surface area contributed by atoms with Gasteiger partial charge in [-0.1, -0.05) is 27.5 Å². The lowest BCUT2D eigenvalue weighted by Gasteiger charge is -2.31. The van der Waals surface area contributed by atoms with E-state index in [-0.39, 0.29) is 5.91 Å². The van der Waals surface area contributed by atoms with Crippen LogP contribution in [0.4, 0.5) is 0 Å². The quantitative estimate of drug-likeness (QED) is 0.895. The average Bonchev–Trinajstić information content (AvgIpc) is 2.48. The van der Waals surface area contributed by atoms with Crippen molar-refractivity contribution < 1.29 is 4.79 Å². The van der Waals surface area contributed by atoms with Gasteiger partial charge in [0.05, 0.1) is 0 Å². The van der Waals surface area contributed by atoms with E-state index in [9.17, 15) is 4.79 Å². The van der Waals surface area contributed by atoms with Gasteiger partial charge in [-0.15, -0.1) is 0 Å². The van der Waals surface area contributed by atoms with E-state index in [1.807, 2.05) is 30.1 Å². The number of nitrogens with one attached hydrogen (secondary N) is 1. The van der Waals surface area contributed by atoms with Gasteiger partial charge in [0, 0.05) is 29.0 Å². The van der Waals surface area contributed by atoms with E-state index in [1.165, 1.54) is 0 Å². The van der Waals surface area contributed by atoms with Crippen LogP contribution in [0, 0.1) is 0 Å². The van der Waals surface area contributed by atoms with Gasteiger partial charge in [-0.05, 0) is 56.1 Å². The summed E-state index contributed by atoms with van der Waals surface area (Å²) in [6, 6.07) is 6.08. The molecule has 0 bridgehead atoms. The number of benzene rings is 1. The molecule has 1 saturated heterocycles. The summed E-state index contributed by atoms with van der Waals surface area (Å²) >= 11 is 9.50. The lowest BCUT2D eigenvalue weighted by atomic mass is 10.0. The molecule has 20 heavy (non-hydrogen) atoms. The summed E-state index contributed by atoms with van der Waals surface area (Å²) in [6.45, 7) is 2.00. The van der Waals surface area contributed by atoms with Crippen molar-refractivity contribution in [3.05, 3.63) is 33.3 Å². The average molecular weight is 360 g/mol. The first-order valence-electron chi connectivity index (χ1n) is 6.98. The van der Waals surface area contributed by atoms with E-state index in [4.69, 9.17) is 11.6 Å². The topological polar surface area (TPSA) is 32.3 Å². The second-order valence-electron chi connectivity index (χ2n) is 5.22. The molecule has 0 aliphatic carbocycles. The lowest BCUT2D eigenvalue weighted by Crippen LogP contribution is -2.44. The molecule has 1 N–H and O–H groups in total. The highest BCUT2D eigenvalue weighted by atomic mass is 79.9. The molecule has 1 aliphatic heterocycles. The molecule has 5 heteroatoms. The Hall–Kier alpha value is -0.580. The van der Waals surface area contributed by atoms with E-state index >= 15 is 0 Å². The summed E-state index contributed by atoms with van der Waals surface area (Å²) < 4.78 is 1.01. The molecule has 1 aromatic carbocycles. The number of carbonyl (C=O) groups is 1. The molecule has 0 unspecified atom stereocenters. The molecule has 110 valence electrons. The number of carbonyl (C=O) groups excluding carboxylic acids is 1. The third-order valence-corrected chi connectivity index (χ3v) is 4.87. The smallest absolute Gasteiger partial charge is 0.222 e. The fourth-order valence-electron chi connectivity index (χ4n) is 2.55. The van der Waals surface area contributed by atoms with Crippen molar-refractivity contribution in [1.82, 2.24) is 10.2 Å². The Bertz CT molecular complexity index is 475. The summed E-state index contributed by atoms with van der Waals surface area (Å²) in [6.07, 6.45) is 3.33. The fourth-order valence-corrected chi connectivity index (χ4v) is 3.19. The Morgan fingerprint density at radius 2 is 2.15 bits per heavy atom. The second-order valence-corrected chi connectivity index (χ2v) is 6.51. The minimum absolute atomic E-state index is 0.212. The van der Waals surface area contributed by atoms with Crippen LogP contribution in [-0.4, -0.2) is 37.0 Å². The first kappa shape index (κ1) is 15.8. The van der Waals surface area contributed by atoms with Crippen LogP contribution in [0.15, 0.2) is 22.7 Å². The van der Waals surface area contributed by atoms with Crippen LogP contribution >= 0.6 is 27.5 Å². The number of aryl methyl sites for hydroxylation is 1. The van der Waals surface area contributed by atoms with Crippen molar-refractivity contribution in [3.63, 3.8) is 0 Å². The predicted octanol–water partition coefficient (Wildman–Crippen LogP) is 3.25. The molecular weight excluding hydrogens is 340 g/mol. The normalized spacial score (nSPS) is 16.1. The Morgan fingerprint density at radius 3 is 2.85 bits per heavy atom. The van der Waals surface area contributed by atoms with Crippen LogP contribution in [0.3, 0.4) is 0 Å². The maximum Gasteiger partial charge on any atom is 0.222 e. The van der Waals surface area contributed by atoms with Crippen molar-refractivity contribution in [2.75, 3.05) is 20.1 Å². The van der Waals surface area contributed by atoms with E-state index < -0.39 is 0 Å². The first-order chi connectivity index (χ1) is 9.58. The first-order valence-corrected chi connectivity index (χ1v) is 8.15. The van der Waals surface area contributed by atoms with E-state index in [1.54, 1.807) is 0 Å². The summed E-state index contributed by atoms with van der Waals surface area (Å²) in [5.41, 5.74) is 1.09. The standard InChI is InChI=1S/C15H20BrClN2O/c1-19(13-6-8-18-9-7-13)15(20)5-2-11-10-12(17)3-4-14(11)16/h3-4,10,13,18H,2,5-9H2,1H3. The highest BCUT2D eigenvalue weighted by molar-refractivity contribution is 9.10. The van der Waals surface area contributed by atoms with Crippen molar-refractivity contribution in [2.24, 2.45) is 0 Å². The SMILES string of the molecule is CN(C(=O)CCc1cc(Cl)ccc1Br)C1CCNCC1. The second kappa shape index (κ2) is 7.43. The van der Waals surface area contributed by atoms with Crippen molar-refractivity contribution in [3.8, 4) is 0 Å². The summed E-state index contributed by atoms with van der Waals surface area (Å²) in [5.74, 6) is 0.212. The maximum atomic E-state index is 12.3. The lowest BCUT2D eigenvalue weighted by molar-refractivity contribution is -0.132. The van der Waals surface area contributed by atoms with Crippen molar-refractivity contribution in [1.29, 1.82) is 0 Å². The van der Waals surface area contributed by atoms with Gasteiger partial charge in [-0.3, -0.25) is 4.79 Å². The summed E-state index contributed by atoms with van der Waals surface area (Å²) in [7, 11) is 1.92. The van der Waals surface area contributed by atoms with Gasteiger partial charge in [0.1, 0.15) is 0 Å². The van der Waals surface area contributed by atoms with E-state index in [0.29, 0.717) is 17.5 Å². The van der Waals surface area contributed by atoms with E-state index in [0.717, 1.165) is 42.4 Å². The monoisotopic (exact) mass is 358 g/mol. The van der Waals surface area contributed by atoms with Gasteiger partial charge in [-0.25, -0.2) is 0 Å². The predicted molar refractivity (Wildman–Crippen MR) is 86.1 cm³/mol. The molecule has 0 spiro atoms. The Labute approximate surface area is 133 Å². The zero-order chi connectivity index (χ0) is 14.5. The molecule has 0 atom stereocenters. The molecule has 0 aromatic heterocycles. The van der Waals surface area contributed by atoms with Crippen LogP contribution in [-0.2, 0) is 11.2 Å². The minimum Gasteiger partial charge on any atom is -0.343 e. The summed E-state index contributed by atoms with van der Waals surface area (Å²) in [5, 5.41) is 4.03. The fraction of sp³-hybridized carbons (Fsp3) is 0.533. The third kappa shape index (κ3) is 4.21. The number of halogens is 2. The molecule has 3 nitrogen and oxygen atoms in total. The largest absolute Gasteiger partial charge is 0.343 e. The molecular formula is C15H20BrClN2O. The zero-order valence-corrected chi connectivity index (χ0v) is 14.0. The molecule has 1 aromatic rings. The molecule has 0 saturated carbocycles. The number of hydrogen-bond acceptors (Lipinski definition) is 2. The molecule has 1 fully saturated rings. The van der Waals surface area contributed by atoms with Gasteiger partial charge in [0.25, 0.3) is 0 Å². The number of rotatable bonds is 4. The Morgan fingerprint density at radius 1 is 1.45 bits per heavy atom. The van der Waals surface area contributed by atoms with Crippen LogP contribution in [0.5, 0.6) is 0 Å². The molecule has 1 amide bonds. The highest BCUT2D eigenvalue weighted by Gasteiger charge is 2.21. The van der Waals surface area contributed by atoms with Crippen molar-refractivity contribution in [2.45, 2.75) is 31.7 Å². The number of hydrogen-bond donors (Lipinski definition) is 1. The van der Waals surface area contributed by atoms with Gasteiger partial charge in [-0.2, -0.15) is 0 Å². The molecule has 0 radical (unpaired) electrons. The van der Waals surface area contributed by atoms with Gasteiger partial charge in [0.2, 0.25) is 5.91 Å². The Balaban J connectivity index is 1.89. The zero-order valence-electron chi connectivity index (χ0n) is 11.7. The van der Waals surface area contributed by atoms with Crippen LogP contribution in [0.1, 0.15) is 24.8 Å². The van der Waals surface area contributed by atoms with Gasteiger partial charge in [0.15, 0.2) is 0 Å².